The molecule has 0 nitrogen and oxygen atoms in total. The molecule has 0 rings (SSSR count). The Morgan fingerprint density at radius 2 is 1.90 bits per heavy atom. The molecule has 0 aromatic carbocycles. The molecule has 0 aromatic rings. The van der Waals surface area contributed by atoms with Crippen molar-refractivity contribution in [1.82, 2.24) is 0 Å². The quantitative estimate of drug-likeness (QED) is 0.520. The number of rotatable bonds is 3. The van der Waals surface area contributed by atoms with Gasteiger partial charge in [-0.3, -0.25) is 0 Å². The van der Waals surface area contributed by atoms with Gasteiger partial charge in [0, 0.05) is 0 Å². The lowest BCUT2D eigenvalue weighted by molar-refractivity contribution is 1.48. The zero-order valence-corrected chi connectivity index (χ0v) is 6.67. The van der Waals surface area contributed by atoms with Crippen LogP contribution in [0.4, 0.5) is 0 Å². The lowest BCUT2D eigenvalue weighted by Crippen LogP contribution is -1.61. The summed E-state index contributed by atoms with van der Waals surface area (Å²) in [5, 5.41) is 0. The monoisotopic (exact) mass is 134 g/mol. The molecular formula is C10H14. The Hall–Kier alpha value is -1.04. The number of allylic oxidation sites excluding steroid dienone is 7. The number of hydrogen-bond acceptors (Lipinski definition) is 0. The zero-order chi connectivity index (χ0) is 7.82. The van der Waals surface area contributed by atoms with Crippen LogP contribution in [0.5, 0.6) is 0 Å². The molecule has 0 amide bonds. The summed E-state index contributed by atoms with van der Waals surface area (Å²) in [5.41, 5.74) is 1.27. The molecule has 0 aliphatic carbocycles. The summed E-state index contributed by atoms with van der Waals surface area (Å²) in [4.78, 5) is 0. The van der Waals surface area contributed by atoms with Crippen LogP contribution in [0.1, 0.15) is 13.8 Å². The second-order valence-electron chi connectivity index (χ2n) is 2.01. The summed E-state index contributed by atoms with van der Waals surface area (Å²) >= 11 is 0. The van der Waals surface area contributed by atoms with E-state index in [4.69, 9.17) is 0 Å². The van der Waals surface area contributed by atoms with E-state index in [2.05, 4.69) is 25.7 Å². The van der Waals surface area contributed by atoms with Gasteiger partial charge in [0.2, 0.25) is 0 Å². The summed E-state index contributed by atoms with van der Waals surface area (Å²) in [6.07, 6.45) is 11.7. The third-order valence-electron chi connectivity index (χ3n) is 1.17. The maximum absolute atomic E-state index is 3.56. The minimum absolute atomic E-state index is 1.27. The minimum atomic E-state index is 1.27. The first kappa shape index (κ1) is 8.96. The molecule has 0 unspecified atom stereocenters. The van der Waals surface area contributed by atoms with Gasteiger partial charge in [-0.15, -0.1) is 0 Å². The van der Waals surface area contributed by atoms with Crippen LogP contribution >= 0.6 is 0 Å². The van der Waals surface area contributed by atoms with E-state index in [0.29, 0.717) is 0 Å². The average molecular weight is 134 g/mol. The third kappa shape index (κ3) is 5.10. The largest absolute Gasteiger partial charge is 0.0991 e. The fourth-order valence-corrected chi connectivity index (χ4v) is 0.446. The van der Waals surface area contributed by atoms with Gasteiger partial charge in [0.05, 0.1) is 0 Å². The molecule has 0 heteroatoms. The molecule has 0 aromatic heterocycles. The second-order valence-corrected chi connectivity index (χ2v) is 2.01. The van der Waals surface area contributed by atoms with Crippen molar-refractivity contribution in [3.63, 3.8) is 0 Å². The fraction of sp³-hybridized carbons (Fsp3) is 0.200. The molecule has 0 saturated carbocycles. The van der Waals surface area contributed by atoms with Gasteiger partial charge in [0.1, 0.15) is 0 Å². The van der Waals surface area contributed by atoms with Crippen molar-refractivity contribution in [1.29, 1.82) is 0 Å². The van der Waals surface area contributed by atoms with Crippen molar-refractivity contribution in [3.05, 3.63) is 48.6 Å². The highest BCUT2D eigenvalue weighted by Gasteiger charge is 1.71. The number of hydrogen-bond donors (Lipinski definition) is 0. The Balaban J connectivity index is 3.77. The van der Waals surface area contributed by atoms with E-state index in [1.165, 1.54) is 5.57 Å². The predicted molar refractivity (Wildman–Crippen MR) is 47.9 cm³/mol. The van der Waals surface area contributed by atoms with E-state index >= 15 is 0 Å². The lowest BCUT2D eigenvalue weighted by atomic mass is 10.2. The summed E-state index contributed by atoms with van der Waals surface area (Å²) in [6.45, 7) is 7.65. The molecule has 0 bridgehead atoms. The minimum Gasteiger partial charge on any atom is -0.0991 e. The van der Waals surface area contributed by atoms with Gasteiger partial charge in [-0.2, -0.15) is 0 Å². The Morgan fingerprint density at radius 3 is 2.40 bits per heavy atom. The van der Waals surface area contributed by atoms with Crippen molar-refractivity contribution in [2.24, 2.45) is 0 Å². The van der Waals surface area contributed by atoms with E-state index in [-0.39, 0.29) is 0 Å². The molecule has 0 N–H and O–H groups in total. The molecule has 0 atom stereocenters. The van der Waals surface area contributed by atoms with E-state index < -0.39 is 0 Å². The molecule has 10 heavy (non-hydrogen) atoms. The van der Waals surface area contributed by atoms with Crippen LogP contribution in [0.3, 0.4) is 0 Å². The maximum atomic E-state index is 3.56. The van der Waals surface area contributed by atoms with Gasteiger partial charge < -0.3 is 0 Å². The van der Waals surface area contributed by atoms with Crippen LogP contribution in [-0.2, 0) is 0 Å². The molecule has 0 heterocycles. The van der Waals surface area contributed by atoms with E-state index in [0.717, 1.165) is 0 Å². The first-order valence-electron chi connectivity index (χ1n) is 3.40. The second kappa shape index (κ2) is 6.09. The SMILES string of the molecule is C=CC=CC=CC(C)=CC. The molecule has 0 fully saturated rings. The molecular weight excluding hydrogens is 120 g/mol. The van der Waals surface area contributed by atoms with Crippen molar-refractivity contribution in [3.8, 4) is 0 Å². The summed E-state index contributed by atoms with van der Waals surface area (Å²) in [5.74, 6) is 0. The summed E-state index contributed by atoms with van der Waals surface area (Å²) < 4.78 is 0. The van der Waals surface area contributed by atoms with Crippen LogP contribution < -0.4 is 0 Å². The molecule has 0 aliphatic heterocycles. The van der Waals surface area contributed by atoms with E-state index in [9.17, 15) is 0 Å². The fourth-order valence-electron chi connectivity index (χ4n) is 0.446. The van der Waals surface area contributed by atoms with Gasteiger partial charge in [-0.05, 0) is 13.8 Å². The Labute approximate surface area is 63.3 Å². The van der Waals surface area contributed by atoms with Crippen molar-refractivity contribution in [2.45, 2.75) is 13.8 Å². The molecule has 0 radical (unpaired) electrons. The molecule has 0 saturated heterocycles. The zero-order valence-electron chi connectivity index (χ0n) is 6.67. The Morgan fingerprint density at radius 1 is 1.20 bits per heavy atom. The smallest absolute Gasteiger partial charge is 0.0401 e. The molecule has 0 aliphatic rings. The van der Waals surface area contributed by atoms with Crippen LogP contribution in [0.25, 0.3) is 0 Å². The predicted octanol–water partition coefficient (Wildman–Crippen LogP) is 3.25. The highest BCUT2D eigenvalue weighted by Crippen LogP contribution is 1.93. The molecule has 0 spiro atoms. The van der Waals surface area contributed by atoms with Gasteiger partial charge in [0.25, 0.3) is 0 Å². The van der Waals surface area contributed by atoms with Crippen molar-refractivity contribution in [2.75, 3.05) is 0 Å². The highest BCUT2D eigenvalue weighted by molar-refractivity contribution is 5.20. The third-order valence-corrected chi connectivity index (χ3v) is 1.17. The topological polar surface area (TPSA) is 0 Å². The van der Waals surface area contributed by atoms with Gasteiger partial charge in [-0.25, -0.2) is 0 Å². The van der Waals surface area contributed by atoms with Crippen molar-refractivity contribution < 1.29 is 0 Å². The van der Waals surface area contributed by atoms with Crippen LogP contribution in [-0.4, -0.2) is 0 Å². The standard InChI is InChI=1S/C10H14/c1-4-6-7-8-9-10(3)5-2/h4-9H,1H2,2-3H3. The maximum Gasteiger partial charge on any atom is -0.0401 e. The molecule has 54 valence electrons. The highest BCUT2D eigenvalue weighted by atomic mass is 13.8. The lowest BCUT2D eigenvalue weighted by Gasteiger charge is -1.83. The summed E-state index contributed by atoms with van der Waals surface area (Å²) in [7, 11) is 0. The van der Waals surface area contributed by atoms with Gasteiger partial charge in [0.15, 0.2) is 0 Å². The van der Waals surface area contributed by atoms with Crippen LogP contribution in [0.2, 0.25) is 0 Å². The van der Waals surface area contributed by atoms with Gasteiger partial charge in [-0.1, -0.05) is 48.6 Å². The Bertz CT molecular complexity index is 168. The first-order valence-corrected chi connectivity index (χ1v) is 3.40. The normalized spacial score (nSPS) is 13.2. The average Bonchev–Trinajstić information content (AvgIpc) is 1.98. The van der Waals surface area contributed by atoms with Crippen LogP contribution in [0, 0.1) is 0 Å². The first-order chi connectivity index (χ1) is 4.81. The van der Waals surface area contributed by atoms with Crippen LogP contribution in [0.15, 0.2) is 48.6 Å². The van der Waals surface area contributed by atoms with Gasteiger partial charge >= 0.3 is 0 Å². The van der Waals surface area contributed by atoms with E-state index in [1.807, 2.05) is 25.2 Å². The summed E-state index contributed by atoms with van der Waals surface area (Å²) in [6, 6.07) is 0. The van der Waals surface area contributed by atoms with E-state index in [1.54, 1.807) is 6.08 Å². The van der Waals surface area contributed by atoms with Crippen molar-refractivity contribution >= 4 is 0 Å². The Kier molecular flexibility index (Phi) is 5.45.